The molecule has 0 atom stereocenters. The molecular weight excluding hydrogens is 270 g/mol. The minimum absolute atomic E-state index is 0.198. The third-order valence-electron chi connectivity index (χ3n) is 3.99. The summed E-state index contributed by atoms with van der Waals surface area (Å²) in [6, 6.07) is 5.93. The van der Waals surface area contributed by atoms with Crippen LogP contribution in [0.15, 0.2) is 18.2 Å². The van der Waals surface area contributed by atoms with Crippen molar-refractivity contribution in [3.8, 4) is 0 Å². The van der Waals surface area contributed by atoms with Crippen molar-refractivity contribution in [1.82, 2.24) is 5.32 Å². The van der Waals surface area contributed by atoms with Crippen molar-refractivity contribution in [2.24, 2.45) is 0 Å². The molecule has 5 heteroatoms. The molecule has 0 radical (unpaired) electrons. The van der Waals surface area contributed by atoms with Crippen LogP contribution in [0.4, 0.5) is 0 Å². The number of benzene rings is 1. The van der Waals surface area contributed by atoms with E-state index in [0.29, 0.717) is 26.1 Å². The maximum absolute atomic E-state index is 12.2. The summed E-state index contributed by atoms with van der Waals surface area (Å²) in [5.41, 5.74) is 1.86. The first-order chi connectivity index (χ1) is 9.93. The molecule has 1 aromatic carbocycles. The fourth-order valence-corrected chi connectivity index (χ4v) is 2.59. The van der Waals surface area contributed by atoms with Crippen LogP contribution in [0.5, 0.6) is 0 Å². The average Bonchev–Trinajstić information content (AvgIpc) is 2.43. The van der Waals surface area contributed by atoms with Crippen LogP contribution in [-0.2, 0) is 20.7 Å². The van der Waals surface area contributed by atoms with Gasteiger partial charge in [0.2, 0.25) is 5.91 Å². The number of carbonyl (C=O) groups is 2. The molecule has 1 aliphatic rings. The van der Waals surface area contributed by atoms with Crippen LogP contribution in [-0.4, -0.2) is 35.7 Å². The van der Waals surface area contributed by atoms with Gasteiger partial charge in [-0.3, -0.25) is 4.79 Å². The van der Waals surface area contributed by atoms with Gasteiger partial charge in [-0.25, -0.2) is 4.79 Å². The van der Waals surface area contributed by atoms with E-state index in [0.717, 1.165) is 16.7 Å². The smallest absolute Gasteiger partial charge is 0.329 e. The van der Waals surface area contributed by atoms with Gasteiger partial charge in [0, 0.05) is 26.1 Å². The predicted octanol–water partition coefficient (Wildman–Crippen LogP) is 1.60. The van der Waals surface area contributed by atoms with Crippen molar-refractivity contribution < 1.29 is 19.4 Å². The Labute approximate surface area is 124 Å². The number of rotatable bonds is 4. The molecule has 0 unspecified atom stereocenters. The summed E-state index contributed by atoms with van der Waals surface area (Å²) in [7, 11) is 0. The van der Waals surface area contributed by atoms with Crippen molar-refractivity contribution in [3.05, 3.63) is 34.9 Å². The number of amides is 1. The van der Waals surface area contributed by atoms with E-state index in [4.69, 9.17) is 4.74 Å². The number of nitrogens with one attached hydrogen (secondary N) is 1. The molecule has 114 valence electrons. The molecule has 0 spiro atoms. The zero-order valence-electron chi connectivity index (χ0n) is 12.4. The zero-order valence-corrected chi connectivity index (χ0v) is 12.4. The molecule has 21 heavy (non-hydrogen) atoms. The Hall–Kier alpha value is -1.88. The second-order valence-corrected chi connectivity index (χ2v) is 5.65. The monoisotopic (exact) mass is 291 g/mol. The zero-order chi connectivity index (χ0) is 15.5. The van der Waals surface area contributed by atoms with Gasteiger partial charge in [0.15, 0.2) is 0 Å². The third-order valence-corrected chi connectivity index (χ3v) is 3.99. The highest BCUT2D eigenvalue weighted by Gasteiger charge is 2.41. The molecule has 1 saturated heterocycles. The fraction of sp³-hybridized carbons (Fsp3) is 0.500. The largest absolute Gasteiger partial charge is 0.480 e. The number of aliphatic carboxylic acids is 1. The predicted molar refractivity (Wildman–Crippen MR) is 78.2 cm³/mol. The van der Waals surface area contributed by atoms with Crippen LogP contribution in [0.2, 0.25) is 0 Å². The normalized spacial score (nSPS) is 17.2. The summed E-state index contributed by atoms with van der Waals surface area (Å²) in [5, 5.41) is 12.1. The topological polar surface area (TPSA) is 75.6 Å². The first-order valence-corrected chi connectivity index (χ1v) is 7.11. The lowest BCUT2D eigenvalue weighted by Crippen LogP contribution is -2.57. The van der Waals surface area contributed by atoms with Crippen molar-refractivity contribution in [2.75, 3.05) is 13.2 Å². The van der Waals surface area contributed by atoms with E-state index >= 15 is 0 Å². The second-order valence-electron chi connectivity index (χ2n) is 5.65. The number of hydrogen-bond acceptors (Lipinski definition) is 3. The maximum Gasteiger partial charge on any atom is 0.329 e. The Balaban J connectivity index is 2.09. The Bertz CT molecular complexity index is 547. The van der Waals surface area contributed by atoms with Crippen molar-refractivity contribution in [1.29, 1.82) is 0 Å². The van der Waals surface area contributed by atoms with Gasteiger partial charge in [-0.05, 0) is 25.0 Å². The van der Waals surface area contributed by atoms with Gasteiger partial charge in [-0.2, -0.15) is 0 Å². The highest BCUT2D eigenvalue weighted by Crippen LogP contribution is 2.21. The minimum atomic E-state index is -1.19. The molecule has 2 rings (SSSR count). The van der Waals surface area contributed by atoms with Crippen LogP contribution < -0.4 is 5.32 Å². The molecule has 1 aromatic rings. The minimum Gasteiger partial charge on any atom is -0.480 e. The molecule has 1 amide bonds. The summed E-state index contributed by atoms with van der Waals surface area (Å²) >= 11 is 0. The third kappa shape index (κ3) is 3.61. The molecule has 2 N–H and O–H groups in total. The van der Waals surface area contributed by atoms with Gasteiger partial charge in [0.05, 0.1) is 6.42 Å². The summed E-state index contributed by atoms with van der Waals surface area (Å²) in [6.45, 7) is 4.63. The summed E-state index contributed by atoms with van der Waals surface area (Å²) < 4.78 is 5.19. The number of carbonyl (C=O) groups excluding carboxylic acids is 1. The van der Waals surface area contributed by atoms with E-state index in [1.54, 1.807) is 0 Å². The van der Waals surface area contributed by atoms with Gasteiger partial charge in [-0.15, -0.1) is 0 Å². The van der Waals surface area contributed by atoms with Crippen LogP contribution in [0.25, 0.3) is 0 Å². The molecule has 1 aliphatic heterocycles. The summed E-state index contributed by atoms with van der Waals surface area (Å²) in [4.78, 5) is 23.8. The molecule has 0 aliphatic carbocycles. The van der Waals surface area contributed by atoms with Crippen molar-refractivity contribution >= 4 is 11.9 Å². The van der Waals surface area contributed by atoms with Crippen molar-refractivity contribution in [3.63, 3.8) is 0 Å². The molecule has 0 saturated carbocycles. The molecule has 0 aromatic heterocycles. The standard InChI is InChI=1S/C16H21NO4/c1-11-3-4-12(2)13(9-11)10-14(18)17-16(15(19)20)5-7-21-8-6-16/h3-4,9H,5-8,10H2,1-2H3,(H,17,18)(H,19,20). The Morgan fingerprint density at radius 1 is 1.29 bits per heavy atom. The maximum atomic E-state index is 12.2. The lowest BCUT2D eigenvalue weighted by atomic mass is 9.89. The van der Waals surface area contributed by atoms with Gasteiger partial charge in [-0.1, -0.05) is 23.8 Å². The molecule has 5 nitrogen and oxygen atoms in total. The van der Waals surface area contributed by atoms with E-state index in [1.807, 2.05) is 32.0 Å². The lowest BCUT2D eigenvalue weighted by Gasteiger charge is -2.34. The van der Waals surface area contributed by atoms with E-state index in [1.165, 1.54) is 0 Å². The first kappa shape index (κ1) is 15.5. The second kappa shape index (κ2) is 6.26. The summed E-state index contributed by atoms with van der Waals surface area (Å²) in [5.74, 6) is -1.24. The SMILES string of the molecule is Cc1ccc(C)c(CC(=O)NC2(C(=O)O)CCOCC2)c1. The Morgan fingerprint density at radius 3 is 2.57 bits per heavy atom. The first-order valence-electron chi connectivity index (χ1n) is 7.11. The molecule has 1 heterocycles. The molecule has 0 bridgehead atoms. The quantitative estimate of drug-likeness (QED) is 0.883. The Morgan fingerprint density at radius 2 is 1.95 bits per heavy atom. The fourth-order valence-electron chi connectivity index (χ4n) is 2.59. The lowest BCUT2D eigenvalue weighted by molar-refractivity contribution is -0.152. The average molecular weight is 291 g/mol. The van der Waals surface area contributed by atoms with Crippen LogP contribution in [0.1, 0.15) is 29.5 Å². The summed E-state index contributed by atoms with van der Waals surface area (Å²) in [6.07, 6.45) is 0.811. The molecule has 1 fully saturated rings. The van der Waals surface area contributed by atoms with Gasteiger partial charge >= 0.3 is 5.97 Å². The highest BCUT2D eigenvalue weighted by molar-refractivity contribution is 5.88. The van der Waals surface area contributed by atoms with Gasteiger partial charge in [0.25, 0.3) is 0 Å². The number of carboxylic acids is 1. The number of ether oxygens (including phenoxy) is 1. The van der Waals surface area contributed by atoms with Crippen LogP contribution in [0, 0.1) is 13.8 Å². The van der Waals surface area contributed by atoms with Crippen LogP contribution >= 0.6 is 0 Å². The van der Waals surface area contributed by atoms with E-state index in [2.05, 4.69) is 5.32 Å². The van der Waals surface area contributed by atoms with E-state index < -0.39 is 11.5 Å². The number of hydrogen-bond donors (Lipinski definition) is 2. The number of aryl methyl sites for hydroxylation is 2. The van der Waals surface area contributed by atoms with Gasteiger partial charge in [0.1, 0.15) is 5.54 Å². The van der Waals surface area contributed by atoms with Crippen LogP contribution in [0.3, 0.4) is 0 Å². The highest BCUT2D eigenvalue weighted by atomic mass is 16.5. The van der Waals surface area contributed by atoms with Gasteiger partial charge < -0.3 is 15.2 Å². The van der Waals surface area contributed by atoms with E-state index in [9.17, 15) is 14.7 Å². The number of carboxylic acid groups (broad SMARTS) is 1. The molecular formula is C16H21NO4. The van der Waals surface area contributed by atoms with E-state index in [-0.39, 0.29) is 12.3 Å². The Kier molecular flexibility index (Phi) is 4.63. The van der Waals surface area contributed by atoms with Crippen molar-refractivity contribution in [2.45, 2.75) is 38.6 Å².